The van der Waals surface area contributed by atoms with Gasteiger partial charge < -0.3 is 59.8 Å². The highest BCUT2D eigenvalue weighted by molar-refractivity contribution is 5.72. The Hall–Kier alpha value is -3.28. The van der Waals surface area contributed by atoms with Gasteiger partial charge in [-0.15, -0.1) is 0 Å². The van der Waals surface area contributed by atoms with Gasteiger partial charge in [0.15, 0.2) is 6.29 Å². The summed E-state index contributed by atoms with van der Waals surface area (Å²) in [7, 11) is 0. The van der Waals surface area contributed by atoms with Gasteiger partial charge in [-0.1, -0.05) is 111 Å². The molecule has 3 rings (SSSR count). The molecular formula is C47H72O14. The first-order chi connectivity index (χ1) is 28.9. The lowest BCUT2D eigenvalue weighted by molar-refractivity contribution is -0.297. The molecule has 2 saturated heterocycles. The van der Waals surface area contributed by atoms with Crippen molar-refractivity contribution in [3.05, 3.63) is 85.1 Å². The van der Waals surface area contributed by atoms with Gasteiger partial charge >= 0.3 is 11.9 Å². The largest absolute Gasteiger partial charge is 0.481 e. The monoisotopic (exact) mass is 860 g/mol. The maximum Gasteiger partial charge on any atom is 0.312 e. The highest BCUT2D eigenvalue weighted by atomic mass is 16.7. The Morgan fingerprint density at radius 2 is 1.30 bits per heavy atom. The van der Waals surface area contributed by atoms with Crippen LogP contribution in [0.3, 0.4) is 0 Å². The minimum absolute atomic E-state index is 0.00331. The number of hydrogen-bond donors (Lipinski definition) is 8. The molecule has 14 atom stereocenters. The van der Waals surface area contributed by atoms with E-state index in [9.17, 15) is 50.4 Å². The number of aliphatic hydroxyl groups excluding tert-OH is 7. The van der Waals surface area contributed by atoms with Crippen LogP contribution in [0.5, 0.6) is 0 Å². The van der Waals surface area contributed by atoms with Crippen LogP contribution in [-0.2, 0) is 28.5 Å². The molecule has 14 heteroatoms. The third kappa shape index (κ3) is 18.5. The topological polar surface area (TPSA) is 233 Å². The van der Waals surface area contributed by atoms with Gasteiger partial charge in [-0.05, 0) is 46.5 Å². The maximum absolute atomic E-state index is 12.7. The number of carbonyl (C=O) groups is 2. The van der Waals surface area contributed by atoms with Crippen molar-refractivity contribution in [3.63, 3.8) is 0 Å². The highest BCUT2D eigenvalue weighted by Crippen LogP contribution is 2.45. The molecule has 0 amide bonds. The van der Waals surface area contributed by atoms with Crippen LogP contribution in [-0.4, -0.2) is 132 Å². The van der Waals surface area contributed by atoms with Gasteiger partial charge in [0.05, 0.1) is 73.1 Å². The van der Waals surface area contributed by atoms with E-state index in [1.165, 1.54) is 0 Å². The molecule has 3 aliphatic heterocycles. The summed E-state index contributed by atoms with van der Waals surface area (Å²) in [4.78, 5) is 24.9. The van der Waals surface area contributed by atoms with E-state index in [-0.39, 0.29) is 45.1 Å². The Morgan fingerprint density at radius 3 is 1.92 bits per heavy atom. The molecule has 14 nitrogen and oxygen atoms in total. The molecule has 0 aromatic rings. The number of cyclic esters (lactones) is 1. The third-order valence-corrected chi connectivity index (χ3v) is 11.5. The number of carboxylic acids is 1. The number of esters is 1. The van der Waals surface area contributed by atoms with E-state index < -0.39 is 96.2 Å². The van der Waals surface area contributed by atoms with Crippen molar-refractivity contribution >= 4 is 11.9 Å². The predicted molar refractivity (Wildman–Crippen MR) is 230 cm³/mol. The minimum Gasteiger partial charge on any atom is -0.481 e. The van der Waals surface area contributed by atoms with Crippen molar-refractivity contribution in [1.29, 1.82) is 0 Å². The van der Waals surface area contributed by atoms with Crippen molar-refractivity contribution in [2.24, 2.45) is 11.8 Å². The normalized spacial score (nSPS) is 42.8. The molecule has 344 valence electrons. The molecule has 61 heavy (non-hydrogen) atoms. The smallest absolute Gasteiger partial charge is 0.312 e. The summed E-state index contributed by atoms with van der Waals surface area (Å²) in [5.74, 6) is -3.79. The minimum atomic E-state index is -1.51. The third-order valence-electron chi connectivity index (χ3n) is 11.5. The molecular weight excluding hydrogens is 789 g/mol. The van der Waals surface area contributed by atoms with Gasteiger partial charge in [-0.2, -0.15) is 0 Å². The van der Waals surface area contributed by atoms with Crippen LogP contribution in [0.1, 0.15) is 105 Å². The molecule has 0 radical (unpaired) electrons. The number of carboxylic acid groups (broad SMARTS) is 1. The fourth-order valence-electron chi connectivity index (χ4n) is 8.32. The first kappa shape index (κ1) is 52.1. The van der Waals surface area contributed by atoms with E-state index in [0.29, 0.717) is 38.5 Å². The van der Waals surface area contributed by atoms with Crippen LogP contribution in [0.15, 0.2) is 85.1 Å². The molecule has 2 bridgehead atoms. The molecule has 2 fully saturated rings. The van der Waals surface area contributed by atoms with E-state index in [0.717, 1.165) is 0 Å². The Labute approximate surface area is 361 Å². The summed E-state index contributed by atoms with van der Waals surface area (Å²) in [6.07, 6.45) is 18.8. The van der Waals surface area contributed by atoms with Crippen molar-refractivity contribution < 1.29 is 69.4 Å². The molecule has 0 spiro atoms. The molecule has 0 unspecified atom stereocenters. The maximum atomic E-state index is 12.7. The Kier molecular flexibility index (Phi) is 22.5. The molecule has 3 aliphatic rings. The SMILES string of the molecule is C[C@@H]1[C@H](O)[C@H](O[C@H]2\C=C/C=C\C=C/C=C\C=C/C=C\C=C/C[C@@H](O)CCOC(=O)C[C@H](O)C[C@H](O)CCCCC[C@H](O)C[C@]3(C)C[C@H](O)[C@@H](C(=O)O)[C@](C)(C2)O3)O[C@H](C)[C@H]1O. The van der Waals surface area contributed by atoms with Gasteiger partial charge in [0.1, 0.15) is 12.0 Å². The van der Waals surface area contributed by atoms with Crippen LogP contribution in [0.2, 0.25) is 0 Å². The number of ether oxygens (including phenoxy) is 4. The number of aliphatic carboxylic acids is 1. The summed E-state index contributed by atoms with van der Waals surface area (Å²) in [6, 6.07) is 0. The number of aliphatic hydroxyl groups is 7. The van der Waals surface area contributed by atoms with E-state index in [4.69, 9.17) is 18.9 Å². The second kappa shape index (κ2) is 26.4. The second-order valence-corrected chi connectivity index (χ2v) is 17.3. The van der Waals surface area contributed by atoms with Crippen molar-refractivity contribution in [3.8, 4) is 0 Å². The summed E-state index contributed by atoms with van der Waals surface area (Å²) < 4.78 is 24.0. The standard InChI is InChI=1S/C47H72O14/c1-32-42(54)33(2)59-45(43(32)55)60-38-24-20-15-13-11-9-7-5-6-8-10-12-14-17-21-34(48)25-26-58-40(53)28-37(51)27-35(49)22-18-16-19-23-36(50)29-46(3)31-39(52)41(44(56)57)47(4,30-38)61-46/h5-15,17,20,24,32-39,41-43,45,48-52,54-55H,16,18-19,21-23,25-31H2,1-4H3,(H,56,57)/b7-5-,8-6-,11-9-,12-10-,15-13-,17-14-,24-20-/t32-,33+,34+,35+,36-,37+,38-,39-,41-,42-,43-,45-,46+,47-/m0/s1. The number of fused-ring (bicyclic) bond motifs is 2. The average molecular weight is 861 g/mol. The lowest BCUT2D eigenvalue weighted by atomic mass is 9.72. The van der Waals surface area contributed by atoms with Gasteiger partial charge in [0, 0.05) is 31.6 Å². The quantitative estimate of drug-likeness (QED) is 0.181. The van der Waals surface area contributed by atoms with Gasteiger partial charge in [0.25, 0.3) is 0 Å². The van der Waals surface area contributed by atoms with Gasteiger partial charge in [-0.3, -0.25) is 9.59 Å². The Balaban J connectivity index is 1.81. The Bertz CT molecular complexity index is 1540. The fourth-order valence-corrected chi connectivity index (χ4v) is 8.32. The molecule has 0 aromatic carbocycles. The van der Waals surface area contributed by atoms with Gasteiger partial charge in [-0.25, -0.2) is 0 Å². The molecule has 3 heterocycles. The van der Waals surface area contributed by atoms with Crippen LogP contribution >= 0.6 is 0 Å². The van der Waals surface area contributed by atoms with Crippen LogP contribution < -0.4 is 0 Å². The lowest BCUT2D eigenvalue weighted by Crippen LogP contribution is -2.61. The second-order valence-electron chi connectivity index (χ2n) is 17.3. The van der Waals surface area contributed by atoms with Gasteiger partial charge in [0.2, 0.25) is 0 Å². The number of allylic oxidation sites excluding steroid dienone is 12. The van der Waals surface area contributed by atoms with Crippen molar-refractivity contribution in [1.82, 2.24) is 0 Å². The zero-order chi connectivity index (χ0) is 45.0. The van der Waals surface area contributed by atoms with E-state index in [2.05, 4.69) is 0 Å². The summed E-state index contributed by atoms with van der Waals surface area (Å²) in [5, 5.41) is 85.4. The zero-order valence-corrected chi connectivity index (χ0v) is 36.2. The number of rotatable bonds is 3. The molecule has 0 saturated carbocycles. The van der Waals surface area contributed by atoms with E-state index >= 15 is 0 Å². The van der Waals surface area contributed by atoms with Crippen LogP contribution in [0, 0.1) is 11.8 Å². The van der Waals surface area contributed by atoms with E-state index in [1.54, 1.807) is 58.1 Å². The van der Waals surface area contributed by atoms with E-state index in [1.807, 2.05) is 54.7 Å². The first-order valence-electron chi connectivity index (χ1n) is 21.8. The summed E-state index contributed by atoms with van der Waals surface area (Å²) >= 11 is 0. The molecule has 8 N–H and O–H groups in total. The fraction of sp³-hybridized carbons (Fsp3) is 0.660. The molecule has 0 aliphatic carbocycles. The summed E-state index contributed by atoms with van der Waals surface area (Å²) in [5.41, 5.74) is -2.63. The molecule has 0 aromatic heterocycles. The van der Waals surface area contributed by atoms with Crippen LogP contribution in [0.4, 0.5) is 0 Å². The Morgan fingerprint density at radius 1 is 0.705 bits per heavy atom. The number of carbonyl (C=O) groups excluding carboxylic acids is 1. The van der Waals surface area contributed by atoms with Crippen LogP contribution in [0.25, 0.3) is 0 Å². The predicted octanol–water partition coefficient (Wildman–Crippen LogP) is 4.66. The van der Waals surface area contributed by atoms with Crippen molar-refractivity contribution in [2.75, 3.05) is 6.61 Å². The summed E-state index contributed by atoms with van der Waals surface area (Å²) in [6.45, 7) is 6.73. The average Bonchev–Trinajstić information content (AvgIpc) is 3.16. The number of hydrogen-bond acceptors (Lipinski definition) is 13. The van der Waals surface area contributed by atoms with Crippen molar-refractivity contribution in [2.45, 2.75) is 177 Å². The zero-order valence-electron chi connectivity index (χ0n) is 36.2. The lowest BCUT2D eigenvalue weighted by Gasteiger charge is -2.52. The first-order valence-corrected chi connectivity index (χ1v) is 21.8. The highest BCUT2D eigenvalue weighted by Gasteiger charge is 2.55.